The Balaban J connectivity index is 1.74. The molecule has 1 aliphatic rings. The predicted molar refractivity (Wildman–Crippen MR) is 285 cm³/mol. The molecule has 0 aliphatic carbocycles. The normalized spacial score (nSPS) is 18.9. The summed E-state index contributed by atoms with van der Waals surface area (Å²) in [6.45, 7) is 17.8. The monoisotopic (exact) mass is 1040 g/mol. The molecule has 0 bridgehead atoms. The maximum Gasteiger partial charge on any atom is 0.473 e. The summed E-state index contributed by atoms with van der Waals surface area (Å²) in [6.07, 6.45) is 1.82. The minimum Gasteiger partial charge on any atom is -0.379 e. The fourth-order valence-corrected chi connectivity index (χ4v) is 10.9. The number of hydrogen-bond donors (Lipinski definition) is 5. The molecule has 1 unspecified atom stereocenters. The summed E-state index contributed by atoms with van der Waals surface area (Å²) in [6, 6.07) is 12.5. The number of methoxy groups -OCH3 is 2. The van der Waals surface area contributed by atoms with E-state index >= 15 is 0 Å². The molecule has 0 spiro atoms. The molecule has 2 aromatic carbocycles. The number of carbonyl (C=O) groups excluding carboxylic acids is 5. The highest BCUT2D eigenvalue weighted by Gasteiger charge is 2.44. The summed E-state index contributed by atoms with van der Waals surface area (Å²) in [7, 11) is 3.70. The highest BCUT2D eigenvalue weighted by molar-refractivity contribution is 7.47. The van der Waals surface area contributed by atoms with Crippen LogP contribution in [0.3, 0.4) is 0 Å². The van der Waals surface area contributed by atoms with E-state index in [1.54, 1.807) is 85.3 Å². The Morgan fingerprint density at radius 2 is 1.49 bits per heavy atom. The molecule has 0 saturated carbocycles. The zero-order valence-electron chi connectivity index (χ0n) is 46.2. The minimum absolute atomic E-state index is 0.0135. The first kappa shape index (κ1) is 63.0. The van der Waals surface area contributed by atoms with E-state index in [9.17, 15) is 33.4 Å². The van der Waals surface area contributed by atoms with Gasteiger partial charge in [0.2, 0.25) is 29.5 Å². The van der Waals surface area contributed by atoms with Crippen LogP contribution < -0.4 is 21.7 Å². The molecular weight excluding hydrogens is 954 g/mol. The maximum absolute atomic E-state index is 14.5. The lowest BCUT2D eigenvalue weighted by molar-refractivity contribution is -0.148. The molecule has 1 aliphatic heterocycles. The van der Waals surface area contributed by atoms with Crippen LogP contribution in [-0.2, 0) is 53.7 Å². The first-order valence-corrected chi connectivity index (χ1v) is 27.6. The van der Waals surface area contributed by atoms with E-state index in [-0.39, 0.29) is 60.3 Å². The van der Waals surface area contributed by atoms with Gasteiger partial charge in [0.15, 0.2) is 0 Å². The number of nitrogens with one attached hydrogen (secondary N) is 3. The lowest BCUT2D eigenvalue weighted by atomic mass is 9.89. The largest absolute Gasteiger partial charge is 0.473 e. The number of phosphoric ester groups is 1. The SMILES string of the molecule is CC[C@H](C)[C@@H]([C@@H](CC(=O)N1CCC[C@H]1[C@H](OC)[C@@H](C)C(=O)N[C@H](C)[C@@H](OP(=O)(O)OCc1ccc(NC(=O)[C@@H](C)CCCCN)cc1)c1ccccc1)OC)N(C)C(=O)[C@@H](NC(=O)[C@H](C(C)C)N(C)C)C(C)C. The molecule has 19 heteroatoms. The number of hydrogen-bond acceptors (Lipinski definition) is 12. The smallest absolute Gasteiger partial charge is 0.379 e. The van der Waals surface area contributed by atoms with Crippen molar-refractivity contribution in [1.82, 2.24) is 25.3 Å². The van der Waals surface area contributed by atoms with Gasteiger partial charge in [-0.1, -0.05) is 111 Å². The third kappa shape index (κ3) is 18.5. The van der Waals surface area contributed by atoms with Gasteiger partial charge in [0.1, 0.15) is 12.1 Å². The van der Waals surface area contributed by atoms with Crippen LogP contribution in [-0.4, -0.2) is 140 Å². The number of unbranched alkanes of at least 4 members (excludes halogenated alkanes) is 1. The van der Waals surface area contributed by atoms with Crippen LogP contribution in [0.2, 0.25) is 0 Å². The molecule has 1 saturated heterocycles. The van der Waals surface area contributed by atoms with Gasteiger partial charge >= 0.3 is 7.82 Å². The Hall–Kier alpha value is -4.26. The molecule has 1 heterocycles. The summed E-state index contributed by atoms with van der Waals surface area (Å²) in [5.74, 6) is -2.47. The molecule has 2 aromatic rings. The topological polar surface area (TPSA) is 231 Å². The number of benzene rings is 2. The second kappa shape index (κ2) is 30.3. The summed E-state index contributed by atoms with van der Waals surface area (Å²) in [5, 5.41) is 8.91. The Bertz CT molecular complexity index is 2070. The van der Waals surface area contributed by atoms with Gasteiger partial charge in [-0.15, -0.1) is 0 Å². The zero-order valence-corrected chi connectivity index (χ0v) is 47.1. The third-order valence-electron chi connectivity index (χ3n) is 14.3. The van der Waals surface area contributed by atoms with Crippen molar-refractivity contribution in [2.45, 2.75) is 162 Å². The van der Waals surface area contributed by atoms with Crippen molar-refractivity contribution in [3.63, 3.8) is 0 Å². The number of anilines is 1. The van der Waals surface area contributed by atoms with E-state index in [4.69, 9.17) is 24.3 Å². The van der Waals surface area contributed by atoms with Crippen molar-refractivity contribution in [3.05, 3.63) is 65.7 Å². The molecular formula is C54H90N7O11P. The van der Waals surface area contributed by atoms with Crippen molar-refractivity contribution in [2.75, 3.05) is 53.8 Å². The Kier molecular flexibility index (Phi) is 26.2. The van der Waals surface area contributed by atoms with E-state index in [0.717, 1.165) is 19.3 Å². The molecule has 73 heavy (non-hydrogen) atoms. The number of rotatable bonds is 31. The Labute approximate surface area is 436 Å². The van der Waals surface area contributed by atoms with Gasteiger partial charge in [-0.3, -0.25) is 37.9 Å². The van der Waals surface area contributed by atoms with Crippen LogP contribution >= 0.6 is 7.82 Å². The van der Waals surface area contributed by atoms with Gasteiger partial charge in [-0.05, 0) is 94.3 Å². The first-order valence-electron chi connectivity index (χ1n) is 26.1. The number of nitrogens with two attached hydrogens (primary N) is 1. The number of phosphoric acid groups is 1. The summed E-state index contributed by atoms with van der Waals surface area (Å²) in [4.78, 5) is 85.6. The second-order valence-corrected chi connectivity index (χ2v) is 22.2. The highest BCUT2D eigenvalue weighted by atomic mass is 31.2. The van der Waals surface area contributed by atoms with Crippen LogP contribution in [0, 0.1) is 29.6 Å². The molecule has 12 atom stereocenters. The zero-order chi connectivity index (χ0) is 54.7. The van der Waals surface area contributed by atoms with E-state index in [1.807, 2.05) is 67.5 Å². The minimum atomic E-state index is -4.74. The third-order valence-corrected chi connectivity index (χ3v) is 15.2. The van der Waals surface area contributed by atoms with Crippen molar-refractivity contribution in [3.8, 4) is 0 Å². The van der Waals surface area contributed by atoms with E-state index in [2.05, 4.69) is 16.0 Å². The van der Waals surface area contributed by atoms with Crippen molar-refractivity contribution >= 4 is 43.0 Å². The highest BCUT2D eigenvalue weighted by Crippen LogP contribution is 2.49. The lowest BCUT2D eigenvalue weighted by Crippen LogP contribution is -2.59. The van der Waals surface area contributed by atoms with Crippen LogP contribution in [0.25, 0.3) is 0 Å². The van der Waals surface area contributed by atoms with Crippen LogP contribution in [0.5, 0.6) is 0 Å². The van der Waals surface area contributed by atoms with Crippen LogP contribution in [0.1, 0.15) is 124 Å². The van der Waals surface area contributed by atoms with Gasteiger partial charge in [-0.2, -0.15) is 0 Å². The van der Waals surface area contributed by atoms with Gasteiger partial charge < -0.3 is 45.9 Å². The fourth-order valence-electron chi connectivity index (χ4n) is 9.93. The number of likely N-dealkylation sites (tertiary alicyclic amines) is 1. The molecule has 5 amide bonds. The van der Waals surface area contributed by atoms with Gasteiger partial charge in [0.25, 0.3) is 0 Å². The van der Waals surface area contributed by atoms with Crippen LogP contribution in [0.15, 0.2) is 54.6 Å². The Morgan fingerprint density at radius 1 is 0.849 bits per heavy atom. The number of carbonyl (C=O) groups is 5. The quantitative estimate of drug-likeness (QED) is 0.0382. The van der Waals surface area contributed by atoms with E-state index in [1.165, 1.54) is 14.2 Å². The van der Waals surface area contributed by atoms with E-state index in [0.29, 0.717) is 49.2 Å². The molecule has 0 radical (unpaired) electrons. The number of likely N-dealkylation sites (N-methyl/N-ethyl adjacent to an activating group) is 2. The maximum atomic E-state index is 14.5. The van der Waals surface area contributed by atoms with E-state index < -0.39 is 68.2 Å². The molecule has 6 N–H and O–H groups in total. The molecule has 18 nitrogen and oxygen atoms in total. The van der Waals surface area contributed by atoms with Gasteiger partial charge in [0.05, 0.1) is 55.3 Å². The lowest BCUT2D eigenvalue weighted by Gasteiger charge is -2.41. The Morgan fingerprint density at radius 3 is 2.04 bits per heavy atom. The average Bonchev–Trinajstić information content (AvgIpc) is 3.84. The number of ether oxygens (including phenoxy) is 2. The van der Waals surface area contributed by atoms with Crippen molar-refractivity contribution in [1.29, 1.82) is 0 Å². The molecule has 412 valence electrons. The molecule has 1 fully saturated rings. The second-order valence-electron chi connectivity index (χ2n) is 20.8. The fraction of sp³-hybridized carbons (Fsp3) is 0.685. The number of amides is 5. The summed E-state index contributed by atoms with van der Waals surface area (Å²) < 4.78 is 37.0. The van der Waals surface area contributed by atoms with Crippen molar-refractivity contribution in [2.24, 2.45) is 35.3 Å². The molecule has 0 aromatic heterocycles. The summed E-state index contributed by atoms with van der Waals surface area (Å²) >= 11 is 0. The molecule has 3 rings (SSSR count). The first-order chi connectivity index (χ1) is 34.4. The number of nitrogens with zero attached hydrogens (tertiary/aromatic N) is 3. The average molecular weight is 1040 g/mol. The summed E-state index contributed by atoms with van der Waals surface area (Å²) in [5.41, 5.74) is 7.25. The standard InChI is InChI=1S/C54H90N7O11P/c1-15-36(6)48(60(12)54(66)46(34(2)3)58-53(65)47(35(4)5)59(10)11)44(69-13)32-45(62)61-31-21-25-43(61)49(70-14)38(8)52(64)56-39(9)50(41-23-17-16-18-24-41)72-73(67,68)71-33-40-26-28-42(29-27-40)57-51(63)37(7)22-19-20-30-55/h16-18,23-24,26-29,34-39,43-44,46-50H,15,19-22,25,30-33,55H2,1-14H3,(H,56,64)(H,57,63)(H,58,65)(H,67,68)/t36-,37-,38+,39+,43-,44+,46-,47-,48-,49+,50+/m0/s1. The van der Waals surface area contributed by atoms with Crippen molar-refractivity contribution < 1.29 is 52.0 Å². The van der Waals surface area contributed by atoms with Crippen LogP contribution in [0.4, 0.5) is 5.69 Å². The van der Waals surface area contributed by atoms with Gasteiger partial charge in [-0.25, -0.2) is 4.57 Å². The van der Waals surface area contributed by atoms with Gasteiger partial charge in [0, 0.05) is 39.4 Å². The predicted octanol–water partition coefficient (Wildman–Crippen LogP) is 6.92.